The van der Waals surface area contributed by atoms with Gasteiger partial charge in [0.15, 0.2) is 0 Å². The van der Waals surface area contributed by atoms with Crippen LogP contribution < -0.4 is 5.73 Å². The molecule has 0 spiro atoms. The highest BCUT2D eigenvalue weighted by Gasteiger charge is 2.03. The normalized spacial score (nSPS) is 13.0. The molecule has 1 aromatic rings. The molecule has 2 nitrogen and oxygen atoms in total. The first kappa shape index (κ1) is 9.68. The second kappa shape index (κ2) is 4.01. The molecule has 0 bridgehead atoms. The van der Waals surface area contributed by atoms with E-state index in [2.05, 4.69) is 20.9 Å². The largest absolute Gasteiger partial charge is 0.328 e. The average Bonchev–Trinajstić information content (AvgIpc) is 1.96. The topological polar surface area (TPSA) is 38.9 Å². The minimum Gasteiger partial charge on any atom is -0.328 e. The molecule has 0 saturated heterocycles. The van der Waals surface area contributed by atoms with Gasteiger partial charge in [0.25, 0.3) is 0 Å². The highest BCUT2D eigenvalue weighted by atomic mass is 79.9. The molecule has 2 N–H and O–H groups in total. The Morgan fingerprint density at radius 3 is 2.83 bits per heavy atom. The van der Waals surface area contributed by atoms with Crippen LogP contribution in [0.1, 0.15) is 18.3 Å². The Hall–Kier alpha value is -0.410. The van der Waals surface area contributed by atoms with E-state index in [1.165, 1.54) is 0 Å². The third-order valence-electron chi connectivity index (χ3n) is 1.57. The van der Waals surface area contributed by atoms with Crippen LogP contribution in [0.15, 0.2) is 16.6 Å². The summed E-state index contributed by atoms with van der Waals surface area (Å²) in [6.45, 7) is 3.97. The highest BCUT2D eigenvalue weighted by Crippen LogP contribution is 2.15. The standard InChI is InChI=1S/C9H13BrN2/c1-6(11)5-9-8(10)4-3-7(2)12-9/h3-4,6H,5,11H2,1-2H3. The fourth-order valence-corrected chi connectivity index (χ4v) is 1.42. The van der Waals surface area contributed by atoms with Crippen LogP contribution in [0.25, 0.3) is 0 Å². The van der Waals surface area contributed by atoms with E-state index in [4.69, 9.17) is 5.73 Å². The van der Waals surface area contributed by atoms with E-state index >= 15 is 0 Å². The van der Waals surface area contributed by atoms with Crippen LogP contribution in [0.4, 0.5) is 0 Å². The van der Waals surface area contributed by atoms with Crippen molar-refractivity contribution >= 4 is 15.9 Å². The molecular formula is C9H13BrN2. The van der Waals surface area contributed by atoms with Gasteiger partial charge < -0.3 is 5.73 Å². The van der Waals surface area contributed by atoms with Gasteiger partial charge in [0, 0.05) is 22.6 Å². The van der Waals surface area contributed by atoms with Gasteiger partial charge in [-0.15, -0.1) is 0 Å². The lowest BCUT2D eigenvalue weighted by Crippen LogP contribution is -2.18. The van der Waals surface area contributed by atoms with Gasteiger partial charge in [-0.05, 0) is 41.9 Å². The molecule has 0 aliphatic heterocycles. The monoisotopic (exact) mass is 228 g/mol. The average molecular weight is 229 g/mol. The summed E-state index contributed by atoms with van der Waals surface area (Å²) in [5, 5.41) is 0. The van der Waals surface area contributed by atoms with Gasteiger partial charge in [-0.2, -0.15) is 0 Å². The summed E-state index contributed by atoms with van der Waals surface area (Å²) in [6.07, 6.45) is 0.822. The van der Waals surface area contributed by atoms with E-state index in [1.54, 1.807) is 0 Å². The maximum atomic E-state index is 5.68. The number of hydrogen-bond acceptors (Lipinski definition) is 2. The van der Waals surface area contributed by atoms with Crippen LogP contribution >= 0.6 is 15.9 Å². The van der Waals surface area contributed by atoms with Crippen molar-refractivity contribution in [2.45, 2.75) is 26.3 Å². The maximum Gasteiger partial charge on any atom is 0.0563 e. The van der Waals surface area contributed by atoms with Gasteiger partial charge in [0.2, 0.25) is 0 Å². The SMILES string of the molecule is Cc1ccc(Br)c(CC(C)N)n1. The molecule has 1 atom stereocenters. The van der Waals surface area contributed by atoms with Crippen molar-refractivity contribution in [1.29, 1.82) is 0 Å². The molecular weight excluding hydrogens is 216 g/mol. The van der Waals surface area contributed by atoms with Gasteiger partial charge >= 0.3 is 0 Å². The summed E-state index contributed by atoms with van der Waals surface area (Å²) >= 11 is 3.44. The van der Waals surface area contributed by atoms with Gasteiger partial charge in [-0.3, -0.25) is 4.98 Å². The Morgan fingerprint density at radius 1 is 1.58 bits per heavy atom. The fraction of sp³-hybridized carbons (Fsp3) is 0.444. The van der Waals surface area contributed by atoms with Crippen LogP contribution in [-0.4, -0.2) is 11.0 Å². The van der Waals surface area contributed by atoms with E-state index < -0.39 is 0 Å². The molecule has 0 radical (unpaired) electrons. The Morgan fingerprint density at radius 2 is 2.25 bits per heavy atom. The number of halogens is 1. The number of pyridine rings is 1. The zero-order chi connectivity index (χ0) is 9.14. The summed E-state index contributed by atoms with van der Waals surface area (Å²) in [7, 11) is 0. The summed E-state index contributed by atoms with van der Waals surface area (Å²) in [5.41, 5.74) is 7.76. The number of rotatable bonds is 2. The van der Waals surface area contributed by atoms with Crippen molar-refractivity contribution in [3.8, 4) is 0 Å². The first-order valence-electron chi connectivity index (χ1n) is 3.97. The minimum atomic E-state index is 0.163. The Balaban J connectivity index is 2.90. The zero-order valence-electron chi connectivity index (χ0n) is 7.34. The van der Waals surface area contributed by atoms with Crippen molar-refractivity contribution in [2.24, 2.45) is 5.73 Å². The van der Waals surface area contributed by atoms with Gasteiger partial charge in [-0.1, -0.05) is 0 Å². The van der Waals surface area contributed by atoms with E-state index in [0.717, 1.165) is 22.3 Å². The molecule has 12 heavy (non-hydrogen) atoms. The van der Waals surface area contributed by atoms with Crippen LogP contribution in [0.3, 0.4) is 0 Å². The molecule has 0 amide bonds. The number of hydrogen-bond donors (Lipinski definition) is 1. The molecule has 0 aromatic carbocycles. The number of aromatic nitrogens is 1. The van der Waals surface area contributed by atoms with Crippen molar-refractivity contribution in [3.63, 3.8) is 0 Å². The molecule has 1 aromatic heterocycles. The lowest BCUT2D eigenvalue weighted by molar-refractivity contribution is 0.717. The Bertz CT molecular complexity index is 271. The summed E-state index contributed by atoms with van der Waals surface area (Å²) < 4.78 is 1.05. The van der Waals surface area contributed by atoms with Crippen molar-refractivity contribution < 1.29 is 0 Å². The van der Waals surface area contributed by atoms with E-state index in [0.29, 0.717) is 0 Å². The van der Waals surface area contributed by atoms with Crippen LogP contribution in [0.5, 0.6) is 0 Å². The zero-order valence-corrected chi connectivity index (χ0v) is 8.93. The van der Waals surface area contributed by atoms with Gasteiger partial charge in [-0.25, -0.2) is 0 Å². The van der Waals surface area contributed by atoms with Crippen LogP contribution in [0.2, 0.25) is 0 Å². The lowest BCUT2D eigenvalue weighted by Gasteiger charge is -2.06. The molecule has 0 saturated carbocycles. The van der Waals surface area contributed by atoms with Crippen molar-refractivity contribution in [3.05, 3.63) is 28.0 Å². The van der Waals surface area contributed by atoms with Crippen molar-refractivity contribution in [1.82, 2.24) is 4.98 Å². The van der Waals surface area contributed by atoms with Gasteiger partial charge in [0.1, 0.15) is 0 Å². The molecule has 3 heteroatoms. The third-order valence-corrected chi connectivity index (χ3v) is 2.30. The minimum absolute atomic E-state index is 0.163. The number of nitrogens with zero attached hydrogens (tertiary/aromatic N) is 1. The van der Waals surface area contributed by atoms with E-state index in [1.807, 2.05) is 26.0 Å². The molecule has 0 fully saturated rings. The summed E-state index contributed by atoms with van der Waals surface area (Å²) in [5.74, 6) is 0. The predicted molar refractivity (Wildman–Crippen MR) is 54.0 cm³/mol. The molecule has 1 heterocycles. The fourth-order valence-electron chi connectivity index (χ4n) is 1.04. The van der Waals surface area contributed by atoms with Gasteiger partial charge in [0.05, 0.1) is 5.69 Å². The van der Waals surface area contributed by atoms with Crippen molar-refractivity contribution in [2.75, 3.05) is 0 Å². The molecule has 66 valence electrons. The number of aryl methyl sites for hydroxylation is 1. The second-order valence-corrected chi connectivity index (χ2v) is 3.92. The summed E-state index contributed by atoms with van der Waals surface area (Å²) in [4.78, 5) is 4.39. The van der Waals surface area contributed by atoms with Crippen LogP contribution in [0, 0.1) is 6.92 Å². The summed E-state index contributed by atoms with van der Waals surface area (Å²) in [6, 6.07) is 4.16. The highest BCUT2D eigenvalue weighted by molar-refractivity contribution is 9.10. The second-order valence-electron chi connectivity index (χ2n) is 3.06. The maximum absolute atomic E-state index is 5.68. The molecule has 1 rings (SSSR count). The third kappa shape index (κ3) is 2.57. The first-order valence-corrected chi connectivity index (χ1v) is 4.76. The molecule has 1 unspecified atom stereocenters. The lowest BCUT2D eigenvalue weighted by atomic mass is 10.2. The molecule has 0 aliphatic carbocycles. The predicted octanol–water partition coefficient (Wildman–Crippen LogP) is 2.04. The Labute approximate surface area is 81.3 Å². The smallest absolute Gasteiger partial charge is 0.0563 e. The van der Waals surface area contributed by atoms with E-state index in [-0.39, 0.29) is 6.04 Å². The number of nitrogens with two attached hydrogens (primary N) is 1. The Kier molecular flexibility index (Phi) is 3.23. The quantitative estimate of drug-likeness (QED) is 0.842. The first-order chi connectivity index (χ1) is 5.59. The van der Waals surface area contributed by atoms with E-state index in [9.17, 15) is 0 Å². The van der Waals surface area contributed by atoms with Crippen LogP contribution in [-0.2, 0) is 6.42 Å². The molecule has 0 aliphatic rings.